The van der Waals surface area contributed by atoms with Crippen LogP contribution in [0.25, 0.3) is 0 Å². The maximum absolute atomic E-state index is 12.7. The van der Waals surface area contributed by atoms with Crippen LogP contribution in [0.15, 0.2) is 42.5 Å². The minimum Gasteiger partial charge on any atom is -0.337 e. The minimum absolute atomic E-state index is 0. The van der Waals surface area contributed by atoms with E-state index in [0.717, 1.165) is 14.8 Å². The van der Waals surface area contributed by atoms with Crippen molar-refractivity contribution < 1.29 is 4.79 Å². The Morgan fingerprint density at radius 2 is 1.95 bits per heavy atom. The van der Waals surface area contributed by atoms with Crippen molar-refractivity contribution in [1.82, 2.24) is 4.90 Å². The fraction of sp³-hybridized carbons (Fsp3) is 0.312. The van der Waals surface area contributed by atoms with Crippen LogP contribution < -0.4 is 5.73 Å². The zero-order valence-corrected chi connectivity index (χ0v) is 14.8. The number of carbonyl (C=O) groups excluding carboxylic acids is 1. The molecule has 2 N–H and O–H groups in total. The Morgan fingerprint density at radius 3 is 2.45 bits per heavy atom. The van der Waals surface area contributed by atoms with Crippen LogP contribution in [0.3, 0.4) is 0 Å². The van der Waals surface area contributed by atoms with Crippen molar-refractivity contribution >= 4 is 41.3 Å². The first-order valence-corrected chi connectivity index (χ1v) is 8.13. The van der Waals surface area contributed by atoms with Gasteiger partial charge in [-0.05, 0) is 24.6 Å². The molecular formula is C16H20Cl2N2OS. The molecule has 0 aliphatic heterocycles. The summed E-state index contributed by atoms with van der Waals surface area (Å²) in [5, 5.41) is 0. The number of nitrogens with two attached hydrogens (primary N) is 1. The molecule has 0 radical (unpaired) electrons. The van der Waals surface area contributed by atoms with Crippen LogP contribution in [0, 0.1) is 0 Å². The number of carbonyl (C=O) groups is 1. The zero-order chi connectivity index (χ0) is 15.2. The van der Waals surface area contributed by atoms with Crippen molar-refractivity contribution in [3.63, 3.8) is 0 Å². The number of thiophene rings is 1. The minimum atomic E-state index is -0.290. The van der Waals surface area contributed by atoms with Gasteiger partial charge in [-0.2, -0.15) is 0 Å². The van der Waals surface area contributed by atoms with Crippen LogP contribution >= 0.6 is 35.3 Å². The van der Waals surface area contributed by atoms with Gasteiger partial charge in [-0.1, -0.05) is 41.9 Å². The summed E-state index contributed by atoms with van der Waals surface area (Å²) in [6, 6.07) is 13.5. The number of rotatable bonds is 6. The smallest absolute Gasteiger partial charge is 0.231 e. The second-order valence-corrected chi connectivity index (χ2v) is 6.56. The summed E-state index contributed by atoms with van der Waals surface area (Å²) in [5.41, 5.74) is 6.80. The Bertz CT molecular complexity index is 589. The average Bonchev–Trinajstić information content (AvgIpc) is 2.92. The van der Waals surface area contributed by atoms with E-state index in [-0.39, 0.29) is 24.2 Å². The third-order valence-electron chi connectivity index (χ3n) is 3.40. The molecule has 1 heterocycles. The first-order valence-electron chi connectivity index (χ1n) is 6.93. The maximum atomic E-state index is 12.7. The lowest BCUT2D eigenvalue weighted by Crippen LogP contribution is -2.37. The van der Waals surface area contributed by atoms with Gasteiger partial charge in [0, 0.05) is 18.0 Å². The maximum Gasteiger partial charge on any atom is 0.231 e. The van der Waals surface area contributed by atoms with Crippen LogP contribution in [0.5, 0.6) is 0 Å². The quantitative estimate of drug-likeness (QED) is 0.850. The molecule has 1 aromatic carbocycles. The molecule has 3 nitrogen and oxygen atoms in total. The van der Waals surface area contributed by atoms with Gasteiger partial charge in [-0.3, -0.25) is 4.79 Å². The van der Waals surface area contributed by atoms with E-state index in [0.29, 0.717) is 19.6 Å². The van der Waals surface area contributed by atoms with Crippen LogP contribution in [-0.2, 0) is 11.3 Å². The normalized spacial score (nSPS) is 11.6. The van der Waals surface area contributed by atoms with Gasteiger partial charge in [0.2, 0.25) is 5.91 Å². The lowest BCUT2D eigenvalue weighted by atomic mass is 9.97. The number of likely N-dealkylation sites (N-methyl/N-ethyl adjacent to an activating group) is 1. The van der Waals surface area contributed by atoms with Gasteiger partial charge >= 0.3 is 0 Å². The highest BCUT2D eigenvalue weighted by molar-refractivity contribution is 7.16. The van der Waals surface area contributed by atoms with E-state index >= 15 is 0 Å². The third kappa shape index (κ3) is 4.71. The zero-order valence-electron chi connectivity index (χ0n) is 12.4. The summed E-state index contributed by atoms with van der Waals surface area (Å²) in [6.07, 6.45) is 0. The lowest BCUT2D eigenvalue weighted by molar-refractivity contribution is -0.133. The van der Waals surface area contributed by atoms with Crippen molar-refractivity contribution in [3.8, 4) is 0 Å². The van der Waals surface area contributed by atoms with E-state index in [9.17, 15) is 4.79 Å². The van der Waals surface area contributed by atoms with E-state index in [1.165, 1.54) is 11.3 Å². The van der Waals surface area contributed by atoms with E-state index in [1.54, 1.807) is 0 Å². The standard InChI is InChI=1S/C16H19ClN2OS.ClH/c1-2-19(11-13-8-9-15(17)21-13)16(20)14(10-18)12-6-4-3-5-7-12;/h3-9,14H,2,10-11,18H2,1H3;1H. The van der Waals surface area contributed by atoms with E-state index in [2.05, 4.69) is 0 Å². The van der Waals surface area contributed by atoms with Crippen LogP contribution in [0.4, 0.5) is 0 Å². The van der Waals surface area contributed by atoms with E-state index < -0.39 is 0 Å². The van der Waals surface area contributed by atoms with Gasteiger partial charge < -0.3 is 10.6 Å². The summed E-state index contributed by atoms with van der Waals surface area (Å²) in [5.74, 6) is -0.225. The first-order chi connectivity index (χ1) is 10.2. The largest absolute Gasteiger partial charge is 0.337 e. The van der Waals surface area contributed by atoms with Gasteiger partial charge in [0.05, 0.1) is 16.8 Å². The SMILES string of the molecule is CCN(Cc1ccc(Cl)s1)C(=O)C(CN)c1ccccc1.Cl. The molecule has 0 saturated carbocycles. The monoisotopic (exact) mass is 358 g/mol. The molecule has 22 heavy (non-hydrogen) atoms. The van der Waals surface area contributed by atoms with Crippen molar-refractivity contribution in [1.29, 1.82) is 0 Å². The van der Waals surface area contributed by atoms with Crippen molar-refractivity contribution in [2.75, 3.05) is 13.1 Å². The van der Waals surface area contributed by atoms with Crippen molar-refractivity contribution in [2.24, 2.45) is 5.73 Å². The molecule has 0 aliphatic rings. The summed E-state index contributed by atoms with van der Waals surface area (Å²) < 4.78 is 0.743. The summed E-state index contributed by atoms with van der Waals surface area (Å²) >= 11 is 7.45. The molecule has 1 atom stereocenters. The molecule has 0 aliphatic carbocycles. The number of halogens is 2. The molecule has 2 aromatic rings. The lowest BCUT2D eigenvalue weighted by Gasteiger charge is -2.25. The van der Waals surface area contributed by atoms with E-state index in [1.807, 2.05) is 54.3 Å². The molecule has 120 valence electrons. The molecule has 0 fully saturated rings. The predicted molar refractivity (Wildman–Crippen MR) is 95.9 cm³/mol. The molecule has 1 aromatic heterocycles. The third-order valence-corrected chi connectivity index (χ3v) is 4.62. The van der Waals surface area contributed by atoms with Crippen LogP contribution in [0.1, 0.15) is 23.3 Å². The Morgan fingerprint density at radius 1 is 1.27 bits per heavy atom. The Labute approximate surface area is 146 Å². The molecule has 1 unspecified atom stereocenters. The van der Waals surface area contributed by atoms with Gasteiger partial charge in [0.25, 0.3) is 0 Å². The molecule has 6 heteroatoms. The Hall–Kier alpha value is -1.07. The highest BCUT2D eigenvalue weighted by atomic mass is 35.5. The number of benzene rings is 1. The van der Waals surface area contributed by atoms with Crippen LogP contribution in [0.2, 0.25) is 4.34 Å². The van der Waals surface area contributed by atoms with Gasteiger partial charge in [-0.25, -0.2) is 0 Å². The Balaban J connectivity index is 0.00000242. The number of amides is 1. The van der Waals surface area contributed by atoms with Gasteiger partial charge in [-0.15, -0.1) is 23.7 Å². The van der Waals surface area contributed by atoms with E-state index in [4.69, 9.17) is 17.3 Å². The predicted octanol–water partition coefficient (Wildman–Crippen LogP) is 3.91. The fourth-order valence-electron chi connectivity index (χ4n) is 2.26. The Kier molecular flexibility index (Phi) is 7.90. The van der Waals surface area contributed by atoms with Crippen LogP contribution in [-0.4, -0.2) is 23.9 Å². The van der Waals surface area contributed by atoms with Gasteiger partial charge in [0.1, 0.15) is 0 Å². The molecular weight excluding hydrogens is 339 g/mol. The number of hydrogen-bond donors (Lipinski definition) is 1. The number of nitrogens with zero attached hydrogens (tertiary/aromatic N) is 1. The highest BCUT2D eigenvalue weighted by Gasteiger charge is 2.24. The molecule has 0 saturated heterocycles. The summed E-state index contributed by atoms with van der Waals surface area (Å²) in [7, 11) is 0. The van der Waals surface area contributed by atoms with Crippen molar-refractivity contribution in [3.05, 3.63) is 57.2 Å². The molecule has 0 bridgehead atoms. The first kappa shape index (κ1) is 19.0. The fourth-order valence-corrected chi connectivity index (χ4v) is 3.36. The second-order valence-electron chi connectivity index (χ2n) is 4.76. The number of hydrogen-bond acceptors (Lipinski definition) is 3. The molecule has 2 rings (SSSR count). The van der Waals surface area contributed by atoms with Crippen molar-refractivity contribution in [2.45, 2.75) is 19.4 Å². The second kappa shape index (κ2) is 9.16. The topological polar surface area (TPSA) is 46.3 Å². The summed E-state index contributed by atoms with van der Waals surface area (Å²) in [6.45, 7) is 3.52. The summed E-state index contributed by atoms with van der Waals surface area (Å²) in [4.78, 5) is 15.6. The average molecular weight is 359 g/mol. The highest BCUT2D eigenvalue weighted by Crippen LogP contribution is 2.24. The molecule has 0 spiro atoms. The molecule has 1 amide bonds. The van der Waals surface area contributed by atoms with Gasteiger partial charge in [0.15, 0.2) is 0 Å².